The van der Waals surface area contributed by atoms with Crippen LogP contribution in [0, 0.1) is 11.3 Å². The first-order chi connectivity index (χ1) is 6.53. The number of aliphatic hydroxyl groups excluding tert-OH is 1. The average Bonchev–Trinajstić information content (AvgIpc) is 2.52. The van der Waals surface area contributed by atoms with Crippen molar-refractivity contribution < 1.29 is 5.11 Å². The highest BCUT2D eigenvalue weighted by molar-refractivity contribution is 5.87. The fourth-order valence-electron chi connectivity index (χ4n) is 2.22. The number of aliphatic imine (C=N–C) groups is 1. The summed E-state index contributed by atoms with van der Waals surface area (Å²) in [6.07, 6.45) is 6.24. The van der Waals surface area contributed by atoms with Gasteiger partial charge in [0.15, 0.2) is 0 Å². The number of hydrogen-bond donors (Lipinski definition) is 1. The van der Waals surface area contributed by atoms with E-state index in [2.05, 4.69) is 25.8 Å². The molecule has 0 aromatic carbocycles. The van der Waals surface area contributed by atoms with Crippen molar-refractivity contribution in [1.82, 2.24) is 0 Å². The predicted octanol–water partition coefficient (Wildman–Crippen LogP) is 3.00. The summed E-state index contributed by atoms with van der Waals surface area (Å²) in [4.78, 5) is 4.26. The molecule has 0 atom stereocenters. The van der Waals surface area contributed by atoms with Crippen LogP contribution in [0.5, 0.6) is 0 Å². The highest BCUT2D eigenvalue weighted by atomic mass is 16.3. The van der Waals surface area contributed by atoms with Gasteiger partial charge in [-0.3, -0.25) is 4.99 Å². The van der Waals surface area contributed by atoms with Crippen molar-refractivity contribution in [3.8, 4) is 0 Å². The molecule has 0 saturated heterocycles. The summed E-state index contributed by atoms with van der Waals surface area (Å²) in [5.74, 6) is 0.654. The monoisotopic (exact) mass is 197 g/mol. The maximum absolute atomic E-state index is 8.91. The first-order valence-electron chi connectivity index (χ1n) is 5.67. The lowest BCUT2D eigenvalue weighted by atomic mass is 9.84. The number of rotatable bonds is 3. The molecule has 0 bridgehead atoms. The van der Waals surface area contributed by atoms with Crippen molar-refractivity contribution in [3.05, 3.63) is 0 Å². The second-order valence-electron chi connectivity index (χ2n) is 5.51. The van der Waals surface area contributed by atoms with Crippen molar-refractivity contribution >= 4 is 5.71 Å². The summed E-state index contributed by atoms with van der Waals surface area (Å²) >= 11 is 0. The number of nitrogens with zero attached hydrogens (tertiary/aromatic N) is 1. The third-order valence-electron chi connectivity index (χ3n) is 2.81. The summed E-state index contributed by atoms with van der Waals surface area (Å²) in [6, 6.07) is 0. The smallest absolute Gasteiger partial charge is 0.134 e. The lowest BCUT2D eigenvalue weighted by Gasteiger charge is -2.22. The molecule has 0 radical (unpaired) electrons. The zero-order chi connectivity index (χ0) is 10.6. The molecule has 0 amide bonds. The van der Waals surface area contributed by atoms with Gasteiger partial charge in [-0.25, -0.2) is 0 Å². The van der Waals surface area contributed by atoms with Crippen LogP contribution in [0.3, 0.4) is 0 Å². The van der Waals surface area contributed by atoms with E-state index in [-0.39, 0.29) is 12.1 Å². The first kappa shape index (κ1) is 11.7. The van der Waals surface area contributed by atoms with E-state index in [1.54, 1.807) is 0 Å². The summed E-state index contributed by atoms with van der Waals surface area (Å²) in [7, 11) is 0. The van der Waals surface area contributed by atoms with Crippen LogP contribution in [-0.4, -0.2) is 17.5 Å². The topological polar surface area (TPSA) is 32.6 Å². The highest BCUT2D eigenvalue weighted by Gasteiger charge is 2.24. The largest absolute Gasteiger partial charge is 0.375 e. The Balaban J connectivity index is 2.59. The molecule has 1 aliphatic rings. The lowest BCUT2D eigenvalue weighted by molar-refractivity contribution is 0.306. The van der Waals surface area contributed by atoms with E-state index >= 15 is 0 Å². The van der Waals surface area contributed by atoms with Crippen LogP contribution in [0.25, 0.3) is 0 Å². The van der Waals surface area contributed by atoms with Gasteiger partial charge in [0.1, 0.15) is 6.73 Å². The van der Waals surface area contributed by atoms with Crippen molar-refractivity contribution in [2.45, 2.75) is 52.9 Å². The molecule has 0 unspecified atom stereocenters. The third-order valence-corrected chi connectivity index (χ3v) is 2.81. The minimum absolute atomic E-state index is 0.0398. The van der Waals surface area contributed by atoms with Crippen LogP contribution in [0.1, 0.15) is 52.9 Å². The minimum Gasteiger partial charge on any atom is -0.375 e. The van der Waals surface area contributed by atoms with Gasteiger partial charge in [0.2, 0.25) is 0 Å². The van der Waals surface area contributed by atoms with Crippen LogP contribution in [0.15, 0.2) is 4.99 Å². The lowest BCUT2D eigenvalue weighted by Crippen LogP contribution is -2.20. The van der Waals surface area contributed by atoms with Crippen LogP contribution >= 0.6 is 0 Å². The number of aliphatic hydroxyl groups is 1. The summed E-state index contributed by atoms with van der Waals surface area (Å²) in [5.41, 5.74) is 1.54. The maximum atomic E-state index is 8.91. The Kier molecular flexibility index (Phi) is 4.11. The molecule has 0 aromatic heterocycles. The molecule has 1 aliphatic carbocycles. The van der Waals surface area contributed by atoms with Crippen molar-refractivity contribution in [2.24, 2.45) is 16.3 Å². The molecule has 1 saturated carbocycles. The Labute approximate surface area is 87.4 Å². The maximum Gasteiger partial charge on any atom is 0.134 e. The Morgan fingerprint density at radius 3 is 2.29 bits per heavy atom. The normalized spacial score (nSPS) is 20.4. The van der Waals surface area contributed by atoms with Gasteiger partial charge in [-0.15, -0.1) is 0 Å². The zero-order valence-electron chi connectivity index (χ0n) is 9.71. The molecular weight excluding hydrogens is 174 g/mol. The molecule has 82 valence electrons. The summed E-state index contributed by atoms with van der Waals surface area (Å²) in [6.45, 7) is 6.65. The minimum atomic E-state index is -0.0398. The zero-order valence-corrected chi connectivity index (χ0v) is 9.71. The van der Waals surface area contributed by atoms with Gasteiger partial charge in [-0.05, 0) is 30.6 Å². The molecule has 1 N–H and O–H groups in total. The summed E-state index contributed by atoms with van der Waals surface area (Å²) < 4.78 is 0. The van der Waals surface area contributed by atoms with E-state index in [4.69, 9.17) is 5.11 Å². The Bertz CT molecular complexity index is 197. The van der Waals surface area contributed by atoms with E-state index in [1.807, 2.05) is 0 Å². The van der Waals surface area contributed by atoms with Crippen LogP contribution in [-0.2, 0) is 0 Å². The van der Waals surface area contributed by atoms with Gasteiger partial charge in [-0.2, -0.15) is 0 Å². The van der Waals surface area contributed by atoms with E-state index in [0.29, 0.717) is 5.92 Å². The van der Waals surface area contributed by atoms with Gasteiger partial charge < -0.3 is 5.11 Å². The molecule has 1 rings (SSSR count). The van der Waals surface area contributed by atoms with E-state index < -0.39 is 0 Å². The molecule has 0 aliphatic heterocycles. The quantitative estimate of drug-likeness (QED) is 0.693. The predicted molar refractivity (Wildman–Crippen MR) is 60.6 cm³/mol. The second kappa shape index (κ2) is 4.92. The fraction of sp³-hybridized carbons (Fsp3) is 0.917. The van der Waals surface area contributed by atoms with Gasteiger partial charge in [0, 0.05) is 5.71 Å². The Morgan fingerprint density at radius 2 is 1.86 bits per heavy atom. The Morgan fingerprint density at radius 1 is 1.29 bits per heavy atom. The SMILES string of the molecule is CC(C)(C)C/C(=N\CO)C1CCCC1. The molecule has 0 aromatic rings. The molecule has 0 heterocycles. The van der Waals surface area contributed by atoms with Crippen molar-refractivity contribution in [1.29, 1.82) is 0 Å². The first-order valence-corrected chi connectivity index (χ1v) is 5.67. The Hall–Kier alpha value is -0.370. The molecule has 0 spiro atoms. The molecule has 2 heteroatoms. The molecule has 14 heavy (non-hydrogen) atoms. The van der Waals surface area contributed by atoms with Gasteiger partial charge in [0.25, 0.3) is 0 Å². The van der Waals surface area contributed by atoms with Crippen molar-refractivity contribution in [3.63, 3.8) is 0 Å². The number of hydrogen-bond acceptors (Lipinski definition) is 2. The van der Waals surface area contributed by atoms with E-state index in [0.717, 1.165) is 6.42 Å². The van der Waals surface area contributed by atoms with E-state index in [1.165, 1.54) is 31.4 Å². The fourth-order valence-corrected chi connectivity index (χ4v) is 2.22. The second-order valence-corrected chi connectivity index (χ2v) is 5.51. The van der Waals surface area contributed by atoms with Gasteiger partial charge in [0.05, 0.1) is 0 Å². The highest BCUT2D eigenvalue weighted by Crippen LogP contribution is 2.31. The van der Waals surface area contributed by atoms with Crippen molar-refractivity contribution in [2.75, 3.05) is 6.73 Å². The molecule has 1 fully saturated rings. The van der Waals surface area contributed by atoms with Gasteiger partial charge in [-0.1, -0.05) is 33.6 Å². The van der Waals surface area contributed by atoms with E-state index in [9.17, 15) is 0 Å². The van der Waals surface area contributed by atoms with Crippen LogP contribution < -0.4 is 0 Å². The summed E-state index contributed by atoms with van der Waals surface area (Å²) in [5, 5.41) is 8.91. The molecule has 2 nitrogen and oxygen atoms in total. The third kappa shape index (κ3) is 3.79. The van der Waals surface area contributed by atoms with Crippen LogP contribution in [0.2, 0.25) is 0 Å². The van der Waals surface area contributed by atoms with Gasteiger partial charge >= 0.3 is 0 Å². The van der Waals surface area contributed by atoms with Crippen LogP contribution in [0.4, 0.5) is 0 Å². The molecular formula is C12H23NO. The standard InChI is InChI=1S/C12H23NO/c1-12(2,3)8-11(13-9-14)10-6-4-5-7-10/h10,14H,4-9H2,1-3H3/b13-11+. The average molecular weight is 197 g/mol.